The number of hydrogen-bond acceptors (Lipinski definition) is 4. The first-order chi connectivity index (χ1) is 20.1. The Bertz CT molecular complexity index is 1620. The van der Waals surface area contributed by atoms with E-state index in [0.717, 1.165) is 37.6 Å². The molecule has 0 aromatic heterocycles. The fourth-order valence-electron chi connectivity index (χ4n) is 4.48. The Hall–Kier alpha value is -4.02. The summed E-state index contributed by atoms with van der Waals surface area (Å²) in [6.45, 7) is 1.35. The van der Waals surface area contributed by atoms with Crippen molar-refractivity contribution in [2.45, 2.75) is 30.8 Å². The summed E-state index contributed by atoms with van der Waals surface area (Å²) in [4.78, 5) is 28.7. The minimum Gasteiger partial charge on any atom is -0.357 e. The number of halogens is 2. The van der Waals surface area contributed by atoms with Gasteiger partial charge in [-0.2, -0.15) is 0 Å². The number of nitrogens with zero attached hydrogens (tertiary/aromatic N) is 2. The van der Waals surface area contributed by atoms with Crippen LogP contribution in [0.5, 0.6) is 0 Å². The molecule has 0 saturated heterocycles. The maximum Gasteiger partial charge on any atom is 0.264 e. The minimum atomic E-state index is -4.29. The topological polar surface area (TPSA) is 86.8 Å². The second-order valence-corrected chi connectivity index (χ2v) is 12.5. The highest BCUT2D eigenvalue weighted by Gasteiger charge is 2.34. The Labute approximate surface area is 254 Å². The number of rotatable bonds is 11. The monoisotopic (exact) mass is 651 g/mol. The molecule has 0 aliphatic heterocycles. The molecule has 2 amide bonds. The molecule has 4 rings (SSSR count). The molecule has 0 bridgehead atoms. The number of benzene rings is 4. The van der Waals surface area contributed by atoms with E-state index >= 15 is 0 Å². The first-order valence-electron chi connectivity index (χ1n) is 13.2. The van der Waals surface area contributed by atoms with E-state index in [1.165, 1.54) is 24.1 Å². The van der Waals surface area contributed by atoms with Gasteiger partial charge in [-0.1, -0.05) is 76.1 Å². The zero-order valence-corrected chi connectivity index (χ0v) is 25.6. The van der Waals surface area contributed by atoms with E-state index in [4.69, 9.17) is 0 Å². The first kappa shape index (κ1) is 30.9. The summed E-state index contributed by atoms with van der Waals surface area (Å²) >= 11 is 3.42. The first-order valence-corrected chi connectivity index (χ1v) is 15.5. The van der Waals surface area contributed by atoms with Gasteiger partial charge in [-0.3, -0.25) is 13.9 Å². The van der Waals surface area contributed by atoms with Crippen LogP contribution in [0.4, 0.5) is 10.1 Å². The number of anilines is 1. The second-order valence-electron chi connectivity index (χ2n) is 9.77. The second kappa shape index (κ2) is 13.8. The van der Waals surface area contributed by atoms with Crippen molar-refractivity contribution in [3.8, 4) is 0 Å². The smallest absolute Gasteiger partial charge is 0.264 e. The Kier molecular flexibility index (Phi) is 10.1. The molecule has 4 aromatic carbocycles. The Morgan fingerprint density at radius 3 is 2.07 bits per heavy atom. The maximum absolute atomic E-state index is 14.2. The predicted molar refractivity (Wildman–Crippen MR) is 165 cm³/mol. The fraction of sp³-hybridized carbons (Fsp3) is 0.188. The van der Waals surface area contributed by atoms with Crippen LogP contribution in [0.25, 0.3) is 0 Å². The van der Waals surface area contributed by atoms with Gasteiger partial charge in [0.25, 0.3) is 10.0 Å². The van der Waals surface area contributed by atoms with Gasteiger partial charge in [0.05, 0.1) is 10.6 Å². The van der Waals surface area contributed by atoms with Crippen molar-refractivity contribution in [1.82, 2.24) is 10.2 Å². The average molecular weight is 653 g/mol. The van der Waals surface area contributed by atoms with Crippen molar-refractivity contribution in [3.63, 3.8) is 0 Å². The van der Waals surface area contributed by atoms with Crippen LogP contribution in [0.1, 0.15) is 16.7 Å². The average Bonchev–Trinajstić information content (AvgIpc) is 2.99. The molecule has 0 heterocycles. The van der Waals surface area contributed by atoms with Gasteiger partial charge < -0.3 is 10.2 Å². The van der Waals surface area contributed by atoms with Crippen LogP contribution in [0.2, 0.25) is 0 Å². The standard InChI is InChI=1S/C32H31BrFN3O4S/c1-23-8-16-28(17-9-23)37(42(40,41)29-18-14-27(34)15-19-29)22-31(38)36(21-25-10-12-26(33)13-11-25)30(32(39)35-2)20-24-6-4-3-5-7-24/h3-19,30H,20-22H2,1-2H3,(H,35,39)/t30-/m1/s1. The molecule has 0 fully saturated rings. The number of sulfonamides is 1. The number of nitrogens with one attached hydrogen (secondary N) is 1. The van der Waals surface area contributed by atoms with Crippen LogP contribution >= 0.6 is 15.9 Å². The quantitative estimate of drug-likeness (QED) is 0.233. The summed E-state index contributed by atoms with van der Waals surface area (Å²) in [5, 5.41) is 2.66. The highest BCUT2D eigenvalue weighted by Crippen LogP contribution is 2.26. The van der Waals surface area contributed by atoms with Crippen molar-refractivity contribution in [3.05, 3.63) is 130 Å². The largest absolute Gasteiger partial charge is 0.357 e. The molecule has 0 saturated carbocycles. The molecule has 0 spiro atoms. The third-order valence-corrected chi connectivity index (χ3v) is 9.10. The van der Waals surface area contributed by atoms with Gasteiger partial charge in [0, 0.05) is 24.5 Å². The highest BCUT2D eigenvalue weighted by atomic mass is 79.9. The molecule has 0 aliphatic carbocycles. The van der Waals surface area contributed by atoms with Crippen molar-refractivity contribution >= 4 is 43.5 Å². The van der Waals surface area contributed by atoms with Gasteiger partial charge in [0.15, 0.2) is 0 Å². The van der Waals surface area contributed by atoms with Crippen molar-refractivity contribution in [1.29, 1.82) is 0 Å². The van der Waals surface area contributed by atoms with E-state index in [2.05, 4.69) is 21.2 Å². The van der Waals surface area contributed by atoms with Crippen LogP contribution in [-0.4, -0.2) is 44.8 Å². The summed E-state index contributed by atoms with van der Waals surface area (Å²) in [7, 11) is -2.79. The maximum atomic E-state index is 14.2. The molecule has 1 atom stereocenters. The Morgan fingerprint density at radius 2 is 1.48 bits per heavy atom. The molecular formula is C32H31BrFN3O4S. The van der Waals surface area contributed by atoms with Crippen molar-refractivity contribution < 1.29 is 22.4 Å². The molecule has 0 unspecified atom stereocenters. The molecule has 7 nitrogen and oxygen atoms in total. The lowest BCUT2D eigenvalue weighted by Crippen LogP contribution is -2.53. The molecule has 1 N–H and O–H groups in total. The summed E-state index contributed by atoms with van der Waals surface area (Å²) in [5.74, 6) is -1.54. The predicted octanol–water partition coefficient (Wildman–Crippen LogP) is 5.48. The third-order valence-electron chi connectivity index (χ3n) is 6.79. The number of carbonyl (C=O) groups excluding carboxylic acids is 2. The Morgan fingerprint density at radius 1 is 0.857 bits per heavy atom. The third kappa shape index (κ3) is 7.63. The van der Waals surface area contributed by atoms with Crippen LogP contribution in [0.15, 0.2) is 112 Å². The van der Waals surface area contributed by atoms with Crippen LogP contribution < -0.4 is 9.62 Å². The summed E-state index contributed by atoms with van der Waals surface area (Å²) < 4.78 is 43.3. The van der Waals surface area contributed by atoms with Crippen molar-refractivity contribution in [2.24, 2.45) is 0 Å². The van der Waals surface area contributed by atoms with Crippen LogP contribution in [-0.2, 0) is 32.6 Å². The Balaban J connectivity index is 1.77. The van der Waals surface area contributed by atoms with Crippen molar-refractivity contribution in [2.75, 3.05) is 17.9 Å². The highest BCUT2D eigenvalue weighted by molar-refractivity contribution is 9.10. The molecule has 218 valence electrons. The summed E-state index contributed by atoms with van der Waals surface area (Å²) in [5.41, 5.74) is 2.77. The number of amides is 2. The number of aryl methyl sites for hydroxylation is 1. The molecule has 10 heteroatoms. The van der Waals surface area contributed by atoms with E-state index in [1.54, 1.807) is 24.3 Å². The van der Waals surface area contributed by atoms with Crippen LogP contribution in [0, 0.1) is 12.7 Å². The molecule has 42 heavy (non-hydrogen) atoms. The zero-order valence-electron chi connectivity index (χ0n) is 23.2. The fourth-order valence-corrected chi connectivity index (χ4v) is 6.16. The molecule has 0 aliphatic rings. The van der Waals surface area contributed by atoms with Gasteiger partial charge in [-0.25, -0.2) is 12.8 Å². The van der Waals surface area contributed by atoms with Gasteiger partial charge in [-0.05, 0) is 66.6 Å². The lowest BCUT2D eigenvalue weighted by Gasteiger charge is -2.33. The minimum absolute atomic E-state index is 0.0648. The summed E-state index contributed by atoms with van der Waals surface area (Å²) in [6.07, 6.45) is 0.220. The van der Waals surface area contributed by atoms with Gasteiger partial charge in [0.2, 0.25) is 11.8 Å². The number of likely N-dealkylation sites (N-methyl/N-ethyl adjacent to an activating group) is 1. The number of hydrogen-bond donors (Lipinski definition) is 1. The zero-order chi connectivity index (χ0) is 30.3. The summed E-state index contributed by atoms with van der Waals surface area (Å²) in [6, 6.07) is 26.9. The van der Waals surface area contributed by atoms with Gasteiger partial charge >= 0.3 is 0 Å². The SMILES string of the molecule is CNC(=O)[C@@H](Cc1ccccc1)N(Cc1ccc(Br)cc1)C(=O)CN(c1ccc(C)cc1)S(=O)(=O)c1ccc(F)cc1. The lowest BCUT2D eigenvalue weighted by molar-refractivity contribution is -0.139. The normalized spacial score (nSPS) is 11.9. The molecule has 4 aromatic rings. The molecule has 0 radical (unpaired) electrons. The lowest BCUT2D eigenvalue weighted by atomic mass is 10.0. The number of carbonyl (C=O) groups is 2. The van der Waals surface area contributed by atoms with Gasteiger partial charge in [-0.15, -0.1) is 0 Å². The van der Waals surface area contributed by atoms with E-state index in [0.29, 0.717) is 0 Å². The van der Waals surface area contributed by atoms with E-state index < -0.39 is 34.3 Å². The van der Waals surface area contributed by atoms with E-state index in [-0.39, 0.29) is 29.5 Å². The van der Waals surface area contributed by atoms with E-state index in [9.17, 15) is 22.4 Å². The van der Waals surface area contributed by atoms with E-state index in [1.807, 2.05) is 61.5 Å². The van der Waals surface area contributed by atoms with Crippen LogP contribution in [0.3, 0.4) is 0 Å². The molecular weight excluding hydrogens is 621 g/mol. The van der Waals surface area contributed by atoms with Gasteiger partial charge in [0.1, 0.15) is 18.4 Å².